The quantitative estimate of drug-likeness (QED) is 0.566. The van der Waals surface area contributed by atoms with E-state index in [1.165, 1.54) is 12.2 Å². The van der Waals surface area contributed by atoms with Gasteiger partial charge in [-0.15, -0.1) is 11.6 Å². The molecule has 3 heteroatoms. The van der Waals surface area contributed by atoms with E-state index in [0.29, 0.717) is 16.8 Å². The van der Waals surface area contributed by atoms with E-state index in [2.05, 4.69) is 25.4 Å². The van der Waals surface area contributed by atoms with E-state index in [0.717, 1.165) is 13.0 Å². The summed E-state index contributed by atoms with van der Waals surface area (Å²) in [6.07, 6.45) is 4.55. The third-order valence-electron chi connectivity index (χ3n) is 3.06. The van der Waals surface area contributed by atoms with Crippen molar-refractivity contribution < 1.29 is 0 Å². The predicted octanol–water partition coefficient (Wildman–Crippen LogP) is 2.74. The van der Waals surface area contributed by atoms with E-state index in [1.807, 2.05) is 11.8 Å². The first-order valence-electron chi connectivity index (χ1n) is 4.95. The Morgan fingerprint density at radius 3 is 2.69 bits per heavy atom. The molecule has 1 saturated carbocycles. The molecule has 1 rings (SSSR count). The lowest BCUT2D eigenvalue weighted by atomic mass is 9.67. The lowest BCUT2D eigenvalue weighted by molar-refractivity contribution is 0.117. The fourth-order valence-corrected chi connectivity index (χ4v) is 2.47. The van der Waals surface area contributed by atoms with Crippen LogP contribution in [0, 0.1) is 5.41 Å². The highest BCUT2D eigenvalue weighted by atomic mass is 35.5. The van der Waals surface area contributed by atoms with E-state index in [4.69, 9.17) is 11.6 Å². The Balaban J connectivity index is 2.10. The molecule has 1 fully saturated rings. The van der Waals surface area contributed by atoms with E-state index in [-0.39, 0.29) is 0 Å². The van der Waals surface area contributed by atoms with Gasteiger partial charge in [-0.3, -0.25) is 0 Å². The van der Waals surface area contributed by atoms with Gasteiger partial charge in [-0.25, -0.2) is 0 Å². The van der Waals surface area contributed by atoms with Gasteiger partial charge in [-0.2, -0.15) is 11.8 Å². The largest absolute Gasteiger partial charge is 0.313 e. The fraction of sp³-hybridized carbons (Fsp3) is 1.00. The van der Waals surface area contributed by atoms with Crippen molar-refractivity contribution in [2.24, 2.45) is 5.41 Å². The maximum Gasteiger partial charge on any atom is 0.0416 e. The van der Waals surface area contributed by atoms with Gasteiger partial charge in [0, 0.05) is 11.4 Å². The Morgan fingerprint density at radius 1 is 1.54 bits per heavy atom. The zero-order valence-corrected chi connectivity index (χ0v) is 10.3. The number of thioether (sulfide) groups is 1. The molecule has 0 aromatic heterocycles. The van der Waals surface area contributed by atoms with Crippen molar-refractivity contribution in [3.05, 3.63) is 0 Å². The van der Waals surface area contributed by atoms with Crippen molar-refractivity contribution in [2.45, 2.75) is 38.1 Å². The highest BCUT2D eigenvalue weighted by Crippen LogP contribution is 2.44. The molecule has 2 atom stereocenters. The average molecular weight is 222 g/mol. The Kier molecular flexibility index (Phi) is 4.40. The van der Waals surface area contributed by atoms with Gasteiger partial charge < -0.3 is 5.32 Å². The van der Waals surface area contributed by atoms with Gasteiger partial charge >= 0.3 is 0 Å². The van der Waals surface area contributed by atoms with Crippen LogP contribution in [-0.4, -0.2) is 30.0 Å². The summed E-state index contributed by atoms with van der Waals surface area (Å²) in [5.41, 5.74) is 0.293. The summed E-state index contributed by atoms with van der Waals surface area (Å²) >= 11 is 8.04. The van der Waals surface area contributed by atoms with Crippen LogP contribution < -0.4 is 5.32 Å². The van der Waals surface area contributed by atoms with Crippen LogP contribution in [0.4, 0.5) is 0 Å². The number of nitrogens with one attached hydrogen (secondary N) is 1. The second kappa shape index (κ2) is 4.90. The maximum absolute atomic E-state index is 6.13. The van der Waals surface area contributed by atoms with Crippen LogP contribution in [0.1, 0.15) is 26.7 Å². The van der Waals surface area contributed by atoms with Crippen LogP contribution in [0.3, 0.4) is 0 Å². The minimum Gasteiger partial charge on any atom is -0.313 e. The molecular formula is C10H20ClNS. The molecule has 0 spiro atoms. The normalized spacial score (nSPS) is 31.4. The van der Waals surface area contributed by atoms with Crippen LogP contribution in [0.15, 0.2) is 0 Å². The molecule has 0 aromatic rings. The number of hydrogen-bond donors (Lipinski definition) is 1. The van der Waals surface area contributed by atoms with Crippen LogP contribution in [0.25, 0.3) is 0 Å². The van der Waals surface area contributed by atoms with Gasteiger partial charge in [-0.1, -0.05) is 13.8 Å². The lowest BCUT2D eigenvalue weighted by Gasteiger charge is -2.49. The number of rotatable bonds is 5. The summed E-state index contributed by atoms with van der Waals surface area (Å²) in [4.78, 5) is 0. The van der Waals surface area contributed by atoms with Gasteiger partial charge in [0.1, 0.15) is 0 Å². The molecule has 1 N–H and O–H groups in total. The highest BCUT2D eigenvalue weighted by molar-refractivity contribution is 7.98. The third kappa shape index (κ3) is 2.77. The van der Waals surface area contributed by atoms with Crippen molar-refractivity contribution in [3.63, 3.8) is 0 Å². The summed E-state index contributed by atoms with van der Waals surface area (Å²) in [6.45, 7) is 5.64. The van der Waals surface area contributed by atoms with Gasteiger partial charge in [-0.05, 0) is 36.8 Å². The van der Waals surface area contributed by atoms with Gasteiger partial charge in [0.15, 0.2) is 0 Å². The van der Waals surface area contributed by atoms with Crippen LogP contribution >= 0.6 is 23.4 Å². The van der Waals surface area contributed by atoms with Crippen LogP contribution in [-0.2, 0) is 0 Å². The van der Waals surface area contributed by atoms with E-state index in [9.17, 15) is 0 Å². The summed E-state index contributed by atoms with van der Waals surface area (Å²) < 4.78 is 0. The monoisotopic (exact) mass is 221 g/mol. The van der Waals surface area contributed by atoms with Gasteiger partial charge in [0.2, 0.25) is 0 Å². The predicted molar refractivity (Wildman–Crippen MR) is 62.8 cm³/mol. The molecule has 0 saturated heterocycles. The molecule has 1 aliphatic carbocycles. The highest BCUT2D eigenvalue weighted by Gasteiger charge is 2.46. The average Bonchev–Trinajstić information content (AvgIpc) is 2.10. The smallest absolute Gasteiger partial charge is 0.0416 e. The number of hydrogen-bond acceptors (Lipinski definition) is 2. The second-order valence-electron chi connectivity index (χ2n) is 4.38. The zero-order valence-electron chi connectivity index (χ0n) is 8.77. The third-order valence-corrected chi connectivity index (χ3v) is 4.50. The first-order valence-corrected chi connectivity index (χ1v) is 6.78. The molecule has 0 radical (unpaired) electrons. The Labute approximate surface area is 91.0 Å². The van der Waals surface area contributed by atoms with Gasteiger partial charge in [0.05, 0.1) is 0 Å². The molecule has 0 aromatic carbocycles. The SMILES string of the molecule is CSCCCNC1CC(Cl)C1(C)C. The van der Waals surface area contributed by atoms with Crippen molar-refractivity contribution in [2.75, 3.05) is 18.6 Å². The van der Waals surface area contributed by atoms with Crippen molar-refractivity contribution in [3.8, 4) is 0 Å². The molecule has 0 heterocycles. The van der Waals surface area contributed by atoms with E-state index >= 15 is 0 Å². The zero-order chi connectivity index (χ0) is 9.90. The fourth-order valence-electron chi connectivity index (χ4n) is 1.71. The number of halogens is 1. The van der Waals surface area contributed by atoms with Crippen LogP contribution in [0.5, 0.6) is 0 Å². The Bertz CT molecular complexity index is 161. The standard InChI is InChI=1S/C10H20ClNS/c1-10(2)8(11)7-9(10)12-5-4-6-13-3/h8-9,12H,4-7H2,1-3H3. The topological polar surface area (TPSA) is 12.0 Å². The summed E-state index contributed by atoms with van der Waals surface area (Å²) in [7, 11) is 0. The van der Waals surface area contributed by atoms with Crippen molar-refractivity contribution in [1.29, 1.82) is 0 Å². The Morgan fingerprint density at radius 2 is 2.23 bits per heavy atom. The lowest BCUT2D eigenvalue weighted by Crippen LogP contribution is -2.58. The first kappa shape index (κ1) is 11.7. The molecular weight excluding hydrogens is 202 g/mol. The Hall–Kier alpha value is 0.600. The first-order chi connectivity index (χ1) is 6.09. The number of alkyl halides is 1. The second-order valence-corrected chi connectivity index (χ2v) is 5.89. The molecule has 13 heavy (non-hydrogen) atoms. The molecule has 0 bridgehead atoms. The minimum absolute atomic E-state index is 0.293. The summed E-state index contributed by atoms with van der Waals surface area (Å²) in [6, 6.07) is 0.636. The molecule has 1 nitrogen and oxygen atoms in total. The molecule has 0 amide bonds. The molecule has 78 valence electrons. The summed E-state index contributed by atoms with van der Waals surface area (Å²) in [5.74, 6) is 1.25. The summed E-state index contributed by atoms with van der Waals surface area (Å²) in [5, 5.41) is 3.94. The van der Waals surface area contributed by atoms with Crippen LogP contribution in [0.2, 0.25) is 0 Å². The maximum atomic E-state index is 6.13. The van der Waals surface area contributed by atoms with E-state index in [1.54, 1.807) is 0 Å². The van der Waals surface area contributed by atoms with Gasteiger partial charge in [0.25, 0.3) is 0 Å². The molecule has 2 unspecified atom stereocenters. The minimum atomic E-state index is 0.293. The molecule has 0 aliphatic heterocycles. The van der Waals surface area contributed by atoms with Crippen molar-refractivity contribution in [1.82, 2.24) is 5.32 Å². The van der Waals surface area contributed by atoms with E-state index < -0.39 is 0 Å². The van der Waals surface area contributed by atoms with Crippen molar-refractivity contribution >= 4 is 23.4 Å². The molecule has 1 aliphatic rings.